The van der Waals surface area contributed by atoms with Gasteiger partial charge in [-0.2, -0.15) is 0 Å². The molecule has 0 aliphatic carbocycles. The molecule has 0 spiro atoms. The van der Waals surface area contributed by atoms with E-state index in [0.29, 0.717) is 45.2 Å². The van der Waals surface area contributed by atoms with Gasteiger partial charge in [-0.3, -0.25) is 24.0 Å². The van der Waals surface area contributed by atoms with Crippen LogP contribution in [0.3, 0.4) is 0 Å². The van der Waals surface area contributed by atoms with E-state index in [-0.39, 0.29) is 76.1 Å². The topological polar surface area (TPSA) is 155 Å². The molecule has 1 N–H and O–H groups in total. The molecule has 0 aromatic rings. The lowest BCUT2D eigenvalue weighted by Gasteiger charge is -2.19. The van der Waals surface area contributed by atoms with E-state index < -0.39 is 24.0 Å². The van der Waals surface area contributed by atoms with Gasteiger partial charge in [0.25, 0.3) is 0 Å². The molecule has 0 amide bonds. The predicted molar refractivity (Wildman–Crippen MR) is 256 cm³/mol. The van der Waals surface area contributed by atoms with Crippen LogP contribution in [0.25, 0.3) is 0 Å². The average molecular weight is 912 g/mol. The van der Waals surface area contributed by atoms with Crippen molar-refractivity contribution < 1.29 is 52.8 Å². The summed E-state index contributed by atoms with van der Waals surface area (Å²) in [5.41, 5.74) is 0. The van der Waals surface area contributed by atoms with Crippen LogP contribution in [0.5, 0.6) is 0 Å². The van der Waals surface area contributed by atoms with Gasteiger partial charge in [-0.05, 0) is 71.4 Å². The summed E-state index contributed by atoms with van der Waals surface area (Å²) < 4.78 is 27.9. The van der Waals surface area contributed by atoms with E-state index in [4.69, 9.17) is 28.8 Å². The van der Waals surface area contributed by atoms with Crippen molar-refractivity contribution in [1.82, 2.24) is 4.90 Å². The molecule has 0 bridgehead atoms. The van der Waals surface area contributed by atoms with Crippen LogP contribution in [0.4, 0.5) is 0 Å². The normalized spacial score (nSPS) is 12.7. The number of carbonyl (C=O) groups excluding carboxylic acids is 5. The highest BCUT2D eigenvalue weighted by Gasteiger charge is 2.22. The molecule has 3 atom stereocenters. The van der Waals surface area contributed by atoms with Crippen LogP contribution in [0, 0.1) is 11.8 Å². The molecule has 0 aromatic carbocycles. The second kappa shape index (κ2) is 45.4. The first-order chi connectivity index (χ1) is 31.1. The molecule has 2 unspecified atom stereocenters. The molecule has 0 aliphatic rings. The maximum Gasteiger partial charge on any atom is 0.308 e. The van der Waals surface area contributed by atoms with Crippen LogP contribution in [0.2, 0.25) is 0 Å². The number of unbranched alkanes of at least 4 members (excludes halogenated alkanes) is 18. The first-order valence-corrected chi connectivity index (χ1v) is 26.2. The van der Waals surface area contributed by atoms with Gasteiger partial charge in [0.05, 0.1) is 31.7 Å². The predicted octanol–water partition coefficient (Wildman–Crippen LogP) is 11.8. The molecule has 0 radical (unpaired) electrons. The lowest BCUT2D eigenvalue weighted by molar-refractivity contribution is -0.167. The van der Waals surface area contributed by atoms with Gasteiger partial charge in [-0.15, -0.1) is 0 Å². The Bertz CT molecular complexity index is 1130. The lowest BCUT2D eigenvalue weighted by atomic mass is 9.94. The fraction of sp³-hybridized carbons (Fsp3) is 0.904. The van der Waals surface area contributed by atoms with E-state index in [2.05, 4.69) is 27.7 Å². The van der Waals surface area contributed by atoms with E-state index in [0.717, 1.165) is 89.9 Å². The van der Waals surface area contributed by atoms with E-state index in [1.165, 1.54) is 64.2 Å². The Labute approximate surface area is 390 Å². The van der Waals surface area contributed by atoms with Crippen LogP contribution in [-0.2, 0) is 47.7 Å². The van der Waals surface area contributed by atoms with Gasteiger partial charge in [0.15, 0.2) is 6.10 Å². The second-order valence-corrected chi connectivity index (χ2v) is 18.1. The third-order valence-corrected chi connectivity index (χ3v) is 11.9. The number of likely N-dealkylation sites (N-methyl/N-ethyl adjacent to an activating group) is 1. The first-order valence-electron chi connectivity index (χ1n) is 26.2. The fourth-order valence-electron chi connectivity index (χ4n) is 7.71. The number of rotatable bonds is 47. The summed E-state index contributed by atoms with van der Waals surface area (Å²) >= 11 is 0. The molecule has 0 saturated carbocycles. The summed E-state index contributed by atoms with van der Waals surface area (Å²) in [7, 11) is 1.86. The minimum atomic E-state index is -0.979. The highest BCUT2D eigenvalue weighted by atomic mass is 16.6. The van der Waals surface area contributed by atoms with Crippen molar-refractivity contribution in [2.75, 3.05) is 53.2 Å². The highest BCUT2D eigenvalue weighted by molar-refractivity contribution is 5.73. The van der Waals surface area contributed by atoms with Gasteiger partial charge in [0.2, 0.25) is 0 Å². The maximum absolute atomic E-state index is 13.0. The van der Waals surface area contributed by atoms with Crippen LogP contribution >= 0.6 is 0 Å². The molecule has 0 aliphatic heterocycles. The summed E-state index contributed by atoms with van der Waals surface area (Å²) in [4.78, 5) is 66.1. The van der Waals surface area contributed by atoms with Crippen molar-refractivity contribution in [3.63, 3.8) is 0 Å². The molecule has 0 aromatic heterocycles. The molecule has 0 rings (SSSR count). The number of hydrogen-bond acceptors (Lipinski definition) is 12. The number of hydrogen-bond donors (Lipinski definition) is 1. The number of nitrogens with zero attached hydrogens (tertiary/aromatic N) is 1. The maximum atomic E-state index is 13.0. The second-order valence-electron chi connectivity index (χ2n) is 18.1. The Morgan fingerprint density at radius 2 is 0.781 bits per heavy atom. The zero-order valence-electron chi connectivity index (χ0n) is 41.8. The summed E-state index contributed by atoms with van der Waals surface area (Å²) in [6.07, 6.45) is 28.4. The van der Waals surface area contributed by atoms with Gasteiger partial charge in [0.1, 0.15) is 13.2 Å². The number of aliphatic hydroxyl groups is 1. The summed E-state index contributed by atoms with van der Waals surface area (Å²) in [5, 5.41) is 9.11. The molecular weight excluding hydrogens is 815 g/mol. The molecule has 12 nitrogen and oxygen atoms in total. The third kappa shape index (κ3) is 38.5. The van der Waals surface area contributed by atoms with Crippen molar-refractivity contribution in [3.05, 3.63) is 0 Å². The average Bonchev–Trinajstić information content (AvgIpc) is 3.27. The van der Waals surface area contributed by atoms with Gasteiger partial charge < -0.3 is 33.7 Å². The van der Waals surface area contributed by atoms with Crippen molar-refractivity contribution in [1.29, 1.82) is 0 Å². The van der Waals surface area contributed by atoms with Gasteiger partial charge in [0, 0.05) is 25.8 Å². The molecule has 64 heavy (non-hydrogen) atoms. The molecular formula is C52H97NO11. The largest absolute Gasteiger partial charge is 0.465 e. The Balaban J connectivity index is 4.98. The zero-order valence-corrected chi connectivity index (χ0v) is 41.8. The lowest BCUT2D eigenvalue weighted by Crippen LogP contribution is -2.31. The third-order valence-electron chi connectivity index (χ3n) is 11.9. The standard InChI is InChI=1S/C52H97NO11/c1-6-10-14-18-20-24-33-45(31-22-16-12-8-3)51(58)60-41-28-26-35-48(55)62-43-47(44-63-49(56)37-30-38-53(5)39-40-54)64-50(57)36-27-29-42-61-52(59)46(32-23-17-13-9-4)34-25-21-19-15-11-7-2/h45-47,54H,6-44H2,1-5H3/t45?,46?,47-/m1/s1. The first kappa shape index (κ1) is 61.3. The SMILES string of the molecule is CCCCCCCCC(CCCCCC)C(=O)OCCCCC(=O)OC[C@H](COC(=O)CCCN(C)CCO)OC(=O)CCCCOC(=O)C(CCCCCC)CCCCCCCC. The minimum absolute atomic E-state index is 0.0311. The van der Waals surface area contributed by atoms with Crippen molar-refractivity contribution in [2.24, 2.45) is 11.8 Å². The van der Waals surface area contributed by atoms with Crippen LogP contribution in [0.1, 0.15) is 233 Å². The van der Waals surface area contributed by atoms with Crippen molar-refractivity contribution >= 4 is 29.8 Å². The van der Waals surface area contributed by atoms with E-state index >= 15 is 0 Å². The fourth-order valence-corrected chi connectivity index (χ4v) is 7.71. The van der Waals surface area contributed by atoms with Gasteiger partial charge in [-0.1, -0.05) is 156 Å². The Hall–Kier alpha value is -2.73. The monoisotopic (exact) mass is 912 g/mol. The Morgan fingerprint density at radius 3 is 1.19 bits per heavy atom. The minimum Gasteiger partial charge on any atom is -0.465 e. The number of carbonyl (C=O) groups is 5. The summed E-state index contributed by atoms with van der Waals surface area (Å²) in [6.45, 7) is 9.89. The number of esters is 5. The number of ether oxygens (including phenoxy) is 5. The van der Waals surface area contributed by atoms with Crippen LogP contribution in [0.15, 0.2) is 0 Å². The molecule has 12 heteroatoms. The smallest absolute Gasteiger partial charge is 0.308 e. The Kier molecular flexibility index (Phi) is 43.5. The zero-order chi connectivity index (χ0) is 47.3. The summed E-state index contributed by atoms with van der Waals surface area (Å²) in [5.74, 6) is -1.90. The van der Waals surface area contributed by atoms with Crippen molar-refractivity contribution in [2.45, 2.75) is 239 Å². The van der Waals surface area contributed by atoms with Crippen molar-refractivity contribution in [3.8, 4) is 0 Å². The van der Waals surface area contributed by atoms with E-state index in [1.54, 1.807) is 0 Å². The molecule has 0 fully saturated rings. The summed E-state index contributed by atoms with van der Waals surface area (Å²) in [6, 6.07) is 0. The highest BCUT2D eigenvalue weighted by Crippen LogP contribution is 2.22. The molecule has 0 saturated heterocycles. The van der Waals surface area contributed by atoms with E-state index in [1.807, 2.05) is 11.9 Å². The van der Waals surface area contributed by atoms with Crippen LogP contribution in [-0.4, -0.2) is 99.1 Å². The number of aliphatic hydroxyl groups excluding tert-OH is 1. The van der Waals surface area contributed by atoms with Gasteiger partial charge >= 0.3 is 29.8 Å². The van der Waals surface area contributed by atoms with Gasteiger partial charge in [-0.25, -0.2) is 0 Å². The quantitative estimate of drug-likeness (QED) is 0.0351. The van der Waals surface area contributed by atoms with Crippen LogP contribution < -0.4 is 0 Å². The molecule has 0 heterocycles. The Morgan fingerprint density at radius 1 is 0.422 bits per heavy atom. The molecule has 376 valence electrons. The van der Waals surface area contributed by atoms with E-state index in [9.17, 15) is 24.0 Å².